The molecule has 0 atom stereocenters. The summed E-state index contributed by atoms with van der Waals surface area (Å²) in [7, 11) is 0. The van der Waals surface area contributed by atoms with Gasteiger partial charge in [-0.3, -0.25) is 4.79 Å². The van der Waals surface area contributed by atoms with E-state index in [-0.39, 0.29) is 19.6 Å². The van der Waals surface area contributed by atoms with Crippen LogP contribution in [0, 0.1) is 0 Å². The fraction of sp³-hybridized carbons (Fsp3) is 0.963. The van der Waals surface area contributed by atoms with Crippen molar-refractivity contribution in [1.29, 1.82) is 0 Å². The van der Waals surface area contributed by atoms with Crippen molar-refractivity contribution in [2.75, 3.05) is 165 Å². The number of carbonyl (C=O) groups is 1. The molecule has 0 saturated carbocycles. The molecule has 0 aromatic rings. The van der Waals surface area contributed by atoms with Crippen molar-refractivity contribution >= 4 is 5.97 Å². The molecule has 0 fully saturated rings. The smallest absolute Gasteiger partial charge is 0.305 e. The van der Waals surface area contributed by atoms with Gasteiger partial charge in [-0.1, -0.05) is 0 Å². The quantitative estimate of drug-likeness (QED) is 0.0962. The summed E-state index contributed by atoms with van der Waals surface area (Å²) in [5.74, 6) is -0.877. The van der Waals surface area contributed by atoms with Gasteiger partial charge < -0.3 is 61.9 Å². The van der Waals surface area contributed by atoms with Gasteiger partial charge in [0.15, 0.2) is 0 Å². The molecule has 0 aromatic carbocycles. The Balaban J connectivity index is 3.03. The topological polar surface area (TPSA) is 148 Å². The Hall–Kier alpha value is -1.08. The number of hydrogen-bond acceptors (Lipinski definition) is 13. The highest BCUT2D eigenvalue weighted by Gasteiger charge is 1.98. The minimum absolute atomic E-state index is 0.00482. The molecule has 252 valence electrons. The number of hydrogen-bond donors (Lipinski definition) is 1. The third kappa shape index (κ3) is 38.9. The Morgan fingerprint density at radius 3 is 0.667 bits per heavy atom. The summed E-state index contributed by atoms with van der Waals surface area (Å²) in [6, 6.07) is 0. The van der Waals surface area contributed by atoms with Crippen LogP contribution in [0.3, 0.4) is 0 Å². The van der Waals surface area contributed by atoms with Crippen LogP contribution in [-0.4, -0.2) is 176 Å². The van der Waals surface area contributed by atoms with Crippen molar-refractivity contribution in [3.8, 4) is 0 Å². The molecule has 0 spiro atoms. The zero-order chi connectivity index (χ0) is 30.4. The number of carboxylic acids is 1. The monoisotopic (exact) mass is 620 g/mol. The average molecular weight is 621 g/mol. The van der Waals surface area contributed by atoms with Gasteiger partial charge >= 0.3 is 5.97 Å². The normalized spacial score (nSPS) is 11.5. The van der Waals surface area contributed by atoms with Gasteiger partial charge in [-0.25, -0.2) is 4.39 Å². The van der Waals surface area contributed by atoms with Crippen LogP contribution in [0.15, 0.2) is 0 Å². The molecule has 0 rings (SSSR count). The van der Waals surface area contributed by atoms with Crippen molar-refractivity contribution in [3.63, 3.8) is 0 Å². The lowest BCUT2D eigenvalue weighted by Gasteiger charge is -2.09. The average Bonchev–Trinajstić information content (AvgIpc) is 2.98. The molecular weight excluding hydrogens is 567 g/mol. The van der Waals surface area contributed by atoms with E-state index >= 15 is 0 Å². The van der Waals surface area contributed by atoms with Crippen LogP contribution >= 0.6 is 0 Å². The molecule has 0 saturated heterocycles. The third-order valence-corrected chi connectivity index (χ3v) is 4.77. The Labute approximate surface area is 249 Å². The predicted molar refractivity (Wildman–Crippen MR) is 148 cm³/mol. The van der Waals surface area contributed by atoms with Crippen molar-refractivity contribution in [3.05, 3.63) is 0 Å². The van der Waals surface area contributed by atoms with E-state index in [0.717, 1.165) is 0 Å². The van der Waals surface area contributed by atoms with E-state index in [1.54, 1.807) is 0 Å². The second-order valence-electron chi connectivity index (χ2n) is 8.18. The summed E-state index contributed by atoms with van der Waals surface area (Å²) in [5.41, 5.74) is 0. The molecule has 0 amide bonds. The van der Waals surface area contributed by atoms with E-state index in [1.807, 2.05) is 0 Å². The highest BCUT2D eigenvalue weighted by Crippen LogP contribution is 1.88. The summed E-state index contributed by atoms with van der Waals surface area (Å²) < 4.78 is 75.8. The van der Waals surface area contributed by atoms with Crippen molar-refractivity contribution in [2.45, 2.75) is 6.42 Å². The number of ether oxygens (including phenoxy) is 12. The molecule has 15 heteroatoms. The maximum Gasteiger partial charge on any atom is 0.305 e. The van der Waals surface area contributed by atoms with Crippen LogP contribution in [-0.2, 0) is 61.6 Å². The van der Waals surface area contributed by atoms with E-state index in [2.05, 4.69) is 0 Å². The Morgan fingerprint density at radius 1 is 0.333 bits per heavy atom. The van der Waals surface area contributed by atoms with Gasteiger partial charge in [-0.05, 0) is 0 Å². The zero-order valence-corrected chi connectivity index (χ0v) is 25.0. The standard InChI is InChI=1S/C27H53FO14/c28-2-4-32-6-8-34-10-12-36-14-16-38-18-20-40-22-24-42-26-25-41-23-21-39-19-17-37-15-13-35-11-9-33-7-5-31-3-1-27(29)30/h1-26H2,(H,29,30). The fourth-order valence-electron chi connectivity index (χ4n) is 2.74. The van der Waals surface area contributed by atoms with Crippen LogP contribution in [0.25, 0.3) is 0 Å². The van der Waals surface area contributed by atoms with Crippen LogP contribution in [0.4, 0.5) is 4.39 Å². The first-order chi connectivity index (χ1) is 20.8. The van der Waals surface area contributed by atoms with Crippen LogP contribution in [0.1, 0.15) is 6.42 Å². The van der Waals surface area contributed by atoms with Gasteiger partial charge in [-0.15, -0.1) is 0 Å². The van der Waals surface area contributed by atoms with Crippen molar-refractivity contribution in [2.24, 2.45) is 0 Å². The lowest BCUT2D eigenvalue weighted by Crippen LogP contribution is -2.15. The SMILES string of the molecule is O=C(O)CCOCCOCCOCCOCCOCCOCCOCCOCCOCCOCCOCCOCCF. The zero-order valence-electron chi connectivity index (χ0n) is 25.0. The van der Waals surface area contributed by atoms with Gasteiger partial charge in [0, 0.05) is 0 Å². The predicted octanol–water partition coefficient (Wildman–Crippen LogP) is 0.630. The largest absolute Gasteiger partial charge is 0.481 e. The number of aliphatic carboxylic acids is 1. The lowest BCUT2D eigenvalue weighted by atomic mass is 10.5. The van der Waals surface area contributed by atoms with E-state index in [1.165, 1.54) is 0 Å². The van der Waals surface area contributed by atoms with Gasteiger partial charge in [0.05, 0.1) is 165 Å². The van der Waals surface area contributed by atoms with Gasteiger partial charge in [-0.2, -0.15) is 0 Å². The van der Waals surface area contributed by atoms with E-state index < -0.39 is 12.6 Å². The Kier molecular flexibility index (Phi) is 37.0. The first-order valence-electron chi connectivity index (χ1n) is 14.5. The Bertz CT molecular complexity index is 521. The maximum absolute atomic E-state index is 11.8. The van der Waals surface area contributed by atoms with E-state index in [0.29, 0.717) is 145 Å². The fourth-order valence-corrected chi connectivity index (χ4v) is 2.74. The number of rotatable bonds is 38. The molecule has 42 heavy (non-hydrogen) atoms. The van der Waals surface area contributed by atoms with Crippen LogP contribution < -0.4 is 0 Å². The minimum atomic E-state index is -0.877. The third-order valence-electron chi connectivity index (χ3n) is 4.77. The number of carboxylic acid groups (broad SMARTS) is 1. The van der Waals surface area contributed by atoms with Crippen LogP contribution in [0.2, 0.25) is 0 Å². The molecular formula is C27H53FO14. The van der Waals surface area contributed by atoms with Crippen molar-refractivity contribution < 1.29 is 71.1 Å². The van der Waals surface area contributed by atoms with Gasteiger partial charge in [0.2, 0.25) is 0 Å². The summed E-state index contributed by atoms with van der Waals surface area (Å²) >= 11 is 0. The van der Waals surface area contributed by atoms with E-state index in [4.69, 9.17) is 61.9 Å². The van der Waals surface area contributed by atoms with Gasteiger partial charge in [0.1, 0.15) is 6.67 Å². The molecule has 0 bridgehead atoms. The summed E-state index contributed by atoms with van der Waals surface area (Å²) in [6.07, 6.45) is -0.00482. The molecule has 0 unspecified atom stereocenters. The molecule has 14 nitrogen and oxygen atoms in total. The lowest BCUT2D eigenvalue weighted by molar-refractivity contribution is -0.138. The van der Waals surface area contributed by atoms with Crippen molar-refractivity contribution in [1.82, 2.24) is 0 Å². The molecule has 0 aliphatic heterocycles. The summed E-state index contributed by atoms with van der Waals surface area (Å²) in [5, 5.41) is 8.47. The second-order valence-corrected chi connectivity index (χ2v) is 8.18. The molecule has 1 N–H and O–H groups in total. The first kappa shape index (κ1) is 40.9. The molecule has 0 heterocycles. The second kappa shape index (κ2) is 37.9. The molecule has 0 aliphatic carbocycles. The number of alkyl halides is 1. The van der Waals surface area contributed by atoms with Gasteiger partial charge in [0.25, 0.3) is 0 Å². The molecule has 0 radical (unpaired) electrons. The van der Waals surface area contributed by atoms with Crippen LogP contribution in [0.5, 0.6) is 0 Å². The highest BCUT2D eigenvalue weighted by atomic mass is 19.1. The number of halogens is 1. The summed E-state index contributed by atoms with van der Waals surface area (Å²) in [6.45, 7) is 9.99. The highest BCUT2D eigenvalue weighted by molar-refractivity contribution is 5.66. The van der Waals surface area contributed by atoms with E-state index in [9.17, 15) is 9.18 Å². The molecule has 0 aromatic heterocycles. The minimum Gasteiger partial charge on any atom is -0.481 e. The first-order valence-corrected chi connectivity index (χ1v) is 14.5. The Morgan fingerprint density at radius 2 is 0.500 bits per heavy atom. The maximum atomic E-state index is 11.8. The summed E-state index contributed by atoms with van der Waals surface area (Å²) in [4.78, 5) is 10.3. The molecule has 0 aliphatic rings.